The molecule has 0 aliphatic heterocycles. The number of thioether (sulfide) groups is 1. The molecule has 150 valence electrons. The van der Waals surface area contributed by atoms with E-state index in [2.05, 4.69) is 15.3 Å². The van der Waals surface area contributed by atoms with Gasteiger partial charge in [-0.2, -0.15) is 0 Å². The number of hydrogen-bond donors (Lipinski definition) is 2. The first-order valence-corrected chi connectivity index (χ1v) is 10.1. The van der Waals surface area contributed by atoms with Gasteiger partial charge < -0.3 is 10.3 Å². The number of benzene rings is 2. The van der Waals surface area contributed by atoms with E-state index in [1.54, 1.807) is 6.92 Å². The fourth-order valence-electron chi connectivity index (χ4n) is 2.66. The van der Waals surface area contributed by atoms with Gasteiger partial charge in [0.15, 0.2) is 5.16 Å². The number of amides is 1. The summed E-state index contributed by atoms with van der Waals surface area (Å²) in [6.07, 6.45) is 0.711. The maximum Gasteiger partial charge on any atom is 0.271 e. The lowest BCUT2D eigenvalue weighted by molar-refractivity contribution is -0.384. The highest BCUT2D eigenvalue weighted by atomic mass is 35.5. The van der Waals surface area contributed by atoms with Gasteiger partial charge in [0.05, 0.1) is 26.6 Å². The highest BCUT2D eigenvalue weighted by molar-refractivity contribution is 8.00. The van der Waals surface area contributed by atoms with Crippen molar-refractivity contribution in [3.63, 3.8) is 0 Å². The number of halogens is 1. The van der Waals surface area contributed by atoms with E-state index in [0.29, 0.717) is 17.3 Å². The molecule has 9 heteroatoms. The van der Waals surface area contributed by atoms with E-state index in [4.69, 9.17) is 11.6 Å². The number of carbonyl (C=O) groups excluding carboxylic acids is 1. The number of hydrogen-bond acceptors (Lipinski definition) is 5. The molecule has 1 amide bonds. The third-order valence-corrected chi connectivity index (χ3v) is 5.55. The first-order valence-electron chi connectivity index (χ1n) is 8.84. The van der Waals surface area contributed by atoms with Crippen molar-refractivity contribution in [2.24, 2.45) is 0 Å². The number of carbonyl (C=O) groups is 1. The number of nitro benzene ring substituents is 1. The lowest BCUT2D eigenvalue weighted by atomic mass is 10.1. The molecule has 0 bridgehead atoms. The van der Waals surface area contributed by atoms with E-state index in [1.165, 1.54) is 30.0 Å². The highest BCUT2D eigenvalue weighted by Gasteiger charge is 2.19. The van der Waals surface area contributed by atoms with Gasteiger partial charge in [-0.05, 0) is 25.5 Å². The Bertz CT molecular complexity index is 1040. The summed E-state index contributed by atoms with van der Waals surface area (Å²) in [5, 5.41) is 13.8. The number of non-ortho nitro benzene ring substituents is 1. The van der Waals surface area contributed by atoms with Crippen LogP contribution in [0.2, 0.25) is 5.02 Å². The lowest BCUT2D eigenvalue weighted by Crippen LogP contribution is -2.22. The van der Waals surface area contributed by atoms with Gasteiger partial charge in [-0.1, -0.05) is 53.7 Å². The van der Waals surface area contributed by atoms with E-state index >= 15 is 0 Å². The van der Waals surface area contributed by atoms with Crippen LogP contribution >= 0.6 is 23.4 Å². The van der Waals surface area contributed by atoms with Crippen LogP contribution in [0, 0.1) is 17.0 Å². The molecule has 29 heavy (non-hydrogen) atoms. The minimum absolute atomic E-state index is 0.115. The maximum atomic E-state index is 12.5. The molecule has 0 aliphatic carbocycles. The summed E-state index contributed by atoms with van der Waals surface area (Å²) in [4.78, 5) is 30.6. The van der Waals surface area contributed by atoms with Crippen LogP contribution in [0.5, 0.6) is 0 Å². The molecule has 0 saturated carbocycles. The number of aromatic nitrogens is 2. The van der Waals surface area contributed by atoms with Crippen LogP contribution in [0.1, 0.15) is 23.9 Å². The molecule has 1 atom stereocenters. The van der Waals surface area contributed by atoms with Crippen molar-refractivity contribution in [1.82, 2.24) is 9.97 Å². The Balaban J connectivity index is 1.64. The molecule has 3 rings (SSSR count). The molecular formula is C20H19ClN4O3S. The second-order valence-corrected chi connectivity index (χ2v) is 8.18. The van der Waals surface area contributed by atoms with Crippen molar-refractivity contribution >= 4 is 40.6 Å². The largest absolute Gasteiger partial charge is 0.337 e. The Labute approximate surface area is 177 Å². The number of nitrogens with zero attached hydrogens (tertiary/aromatic N) is 2. The molecule has 1 heterocycles. The lowest BCUT2D eigenvalue weighted by Gasteiger charge is -2.11. The molecule has 0 fully saturated rings. The molecule has 0 spiro atoms. The number of nitro groups is 1. The SMILES string of the molecule is Cc1[nH]c(SC(C)C(=O)Nc2ccc([N+](=O)[O-])cc2Cl)nc1Cc1ccccc1. The normalized spacial score (nSPS) is 11.8. The van der Waals surface area contributed by atoms with Crippen LogP contribution in [0.15, 0.2) is 53.7 Å². The number of imidazole rings is 1. The second kappa shape index (κ2) is 9.11. The van der Waals surface area contributed by atoms with Gasteiger partial charge in [0, 0.05) is 24.2 Å². The van der Waals surface area contributed by atoms with Crippen molar-refractivity contribution in [2.75, 3.05) is 5.32 Å². The Morgan fingerprint density at radius 3 is 2.69 bits per heavy atom. The average Bonchev–Trinajstić information content (AvgIpc) is 3.02. The molecule has 1 aromatic heterocycles. The van der Waals surface area contributed by atoms with E-state index in [-0.39, 0.29) is 16.6 Å². The summed E-state index contributed by atoms with van der Waals surface area (Å²) in [6, 6.07) is 14.0. The maximum absolute atomic E-state index is 12.5. The van der Waals surface area contributed by atoms with Crippen molar-refractivity contribution in [1.29, 1.82) is 0 Å². The smallest absolute Gasteiger partial charge is 0.271 e. The predicted octanol–water partition coefficient (Wildman–Crippen LogP) is 4.99. The Hall–Kier alpha value is -2.84. The molecule has 3 aromatic rings. The molecule has 2 aromatic carbocycles. The summed E-state index contributed by atoms with van der Waals surface area (Å²) in [6.45, 7) is 3.71. The second-order valence-electron chi connectivity index (χ2n) is 6.45. The molecule has 0 aliphatic rings. The van der Waals surface area contributed by atoms with Gasteiger partial charge in [0.25, 0.3) is 5.69 Å². The van der Waals surface area contributed by atoms with Gasteiger partial charge in [-0.3, -0.25) is 14.9 Å². The minimum Gasteiger partial charge on any atom is -0.337 e. The third-order valence-electron chi connectivity index (χ3n) is 4.26. The van der Waals surface area contributed by atoms with Crippen LogP contribution in [-0.2, 0) is 11.2 Å². The molecule has 7 nitrogen and oxygen atoms in total. The minimum atomic E-state index is -0.539. The highest BCUT2D eigenvalue weighted by Crippen LogP contribution is 2.28. The van der Waals surface area contributed by atoms with Gasteiger partial charge in [0.1, 0.15) is 0 Å². The fraction of sp³-hybridized carbons (Fsp3) is 0.200. The van der Waals surface area contributed by atoms with Gasteiger partial charge in [0.2, 0.25) is 5.91 Å². The Morgan fingerprint density at radius 1 is 1.31 bits per heavy atom. The number of rotatable bonds is 7. The summed E-state index contributed by atoms with van der Waals surface area (Å²) in [5.74, 6) is -0.274. The first-order chi connectivity index (χ1) is 13.8. The summed E-state index contributed by atoms with van der Waals surface area (Å²) in [5.41, 5.74) is 3.26. The van der Waals surface area contributed by atoms with Gasteiger partial charge in [-0.25, -0.2) is 4.98 Å². The number of nitrogens with one attached hydrogen (secondary N) is 2. The monoisotopic (exact) mass is 430 g/mol. The first kappa shape index (κ1) is 20.9. The van der Waals surface area contributed by atoms with Crippen molar-refractivity contribution < 1.29 is 9.72 Å². The summed E-state index contributed by atoms with van der Waals surface area (Å²) < 4.78 is 0. The number of anilines is 1. The molecule has 0 saturated heterocycles. The zero-order chi connectivity index (χ0) is 21.0. The van der Waals surface area contributed by atoms with Crippen LogP contribution in [0.3, 0.4) is 0 Å². The van der Waals surface area contributed by atoms with Crippen LogP contribution in [-0.4, -0.2) is 26.0 Å². The van der Waals surface area contributed by atoms with Crippen molar-refractivity contribution in [3.8, 4) is 0 Å². The van der Waals surface area contributed by atoms with Gasteiger partial charge >= 0.3 is 0 Å². The van der Waals surface area contributed by atoms with Crippen molar-refractivity contribution in [3.05, 3.63) is 80.6 Å². The zero-order valence-corrected chi connectivity index (χ0v) is 17.4. The van der Waals surface area contributed by atoms with E-state index < -0.39 is 10.2 Å². The van der Waals surface area contributed by atoms with Crippen LogP contribution in [0.25, 0.3) is 0 Å². The Kier molecular flexibility index (Phi) is 6.56. The van der Waals surface area contributed by atoms with Crippen LogP contribution < -0.4 is 5.32 Å². The molecule has 2 N–H and O–H groups in total. The van der Waals surface area contributed by atoms with Crippen molar-refractivity contribution in [2.45, 2.75) is 30.7 Å². The van der Waals surface area contributed by atoms with E-state index in [1.807, 2.05) is 37.3 Å². The van der Waals surface area contributed by atoms with E-state index in [0.717, 1.165) is 17.0 Å². The third kappa shape index (κ3) is 5.36. The quantitative estimate of drug-likeness (QED) is 0.312. The summed E-state index contributed by atoms with van der Waals surface area (Å²) >= 11 is 7.34. The number of H-pyrrole nitrogens is 1. The van der Waals surface area contributed by atoms with Crippen LogP contribution in [0.4, 0.5) is 11.4 Å². The predicted molar refractivity (Wildman–Crippen MR) is 115 cm³/mol. The molecular weight excluding hydrogens is 412 g/mol. The topological polar surface area (TPSA) is 101 Å². The standard InChI is InChI=1S/C20H19ClN4O3S/c1-12-18(10-14-6-4-3-5-7-14)24-20(22-12)29-13(2)19(26)23-17-9-8-15(25(27)28)11-16(17)21/h3-9,11,13H,10H2,1-2H3,(H,22,24)(H,23,26). The molecule has 1 unspecified atom stereocenters. The zero-order valence-electron chi connectivity index (χ0n) is 15.8. The summed E-state index contributed by atoms with van der Waals surface area (Å²) in [7, 11) is 0. The Morgan fingerprint density at radius 2 is 2.03 bits per heavy atom. The fourth-order valence-corrected chi connectivity index (χ4v) is 3.76. The number of aryl methyl sites for hydroxylation is 1. The van der Waals surface area contributed by atoms with Gasteiger partial charge in [-0.15, -0.1) is 0 Å². The number of aromatic amines is 1. The average molecular weight is 431 g/mol. The van der Waals surface area contributed by atoms with E-state index in [9.17, 15) is 14.9 Å². The molecule has 0 radical (unpaired) electrons.